The zero-order valence-electron chi connectivity index (χ0n) is 13.3. The van der Waals surface area contributed by atoms with E-state index in [9.17, 15) is 0 Å². The lowest BCUT2D eigenvalue weighted by molar-refractivity contribution is 0.528. The molecule has 0 aliphatic carbocycles. The number of halogens is 2. The van der Waals surface area contributed by atoms with Crippen LogP contribution in [-0.4, -0.2) is 19.7 Å². The largest absolute Gasteiger partial charge is 0.420 e. The smallest absolute Gasteiger partial charge is 0.247 e. The molecule has 0 saturated heterocycles. The van der Waals surface area contributed by atoms with Crippen molar-refractivity contribution in [3.63, 3.8) is 0 Å². The Morgan fingerprint density at radius 2 is 1.81 bits per heavy atom. The molecule has 4 aromatic rings. The van der Waals surface area contributed by atoms with Crippen LogP contribution in [0.2, 0.25) is 5.02 Å². The van der Waals surface area contributed by atoms with E-state index in [0.717, 1.165) is 20.9 Å². The predicted molar refractivity (Wildman–Crippen MR) is 106 cm³/mol. The lowest BCUT2D eigenvalue weighted by atomic mass is 10.2. The third-order valence-corrected chi connectivity index (χ3v) is 5.33. The highest BCUT2D eigenvalue weighted by Gasteiger charge is 2.11. The first-order valence-corrected chi connectivity index (χ1v) is 9.85. The molecule has 0 aliphatic rings. The first kappa shape index (κ1) is 17.3. The van der Waals surface area contributed by atoms with Crippen LogP contribution < -0.4 is 0 Å². The second kappa shape index (κ2) is 7.65. The summed E-state index contributed by atoms with van der Waals surface area (Å²) in [6.07, 6.45) is 3.67. The average molecular weight is 448 g/mol. The van der Waals surface area contributed by atoms with Gasteiger partial charge in [-0.05, 0) is 48.5 Å². The van der Waals surface area contributed by atoms with E-state index in [-0.39, 0.29) is 0 Å². The standard InChI is InChI=1S/C18H12BrClN4OS/c19-13-3-1-12(2-4-13)17-23-22-16(25-17)11-26-18-21-9-10-24(18)15-7-5-14(20)6-8-15/h1-10H,11H2. The molecule has 0 radical (unpaired) electrons. The number of nitrogens with zero attached hydrogens (tertiary/aromatic N) is 4. The molecule has 0 amide bonds. The van der Waals surface area contributed by atoms with Crippen LogP contribution in [0, 0.1) is 0 Å². The Bertz CT molecular complexity index is 1010. The van der Waals surface area contributed by atoms with Gasteiger partial charge in [-0.15, -0.1) is 10.2 Å². The Morgan fingerprint density at radius 1 is 1.04 bits per heavy atom. The van der Waals surface area contributed by atoms with Gasteiger partial charge in [0, 0.05) is 33.1 Å². The number of thioether (sulfide) groups is 1. The quantitative estimate of drug-likeness (QED) is 0.371. The second-order valence-electron chi connectivity index (χ2n) is 5.35. The average Bonchev–Trinajstić information content (AvgIpc) is 3.30. The van der Waals surface area contributed by atoms with E-state index in [1.54, 1.807) is 6.20 Å². The highest BCUT2D eigenvalue weighted by atomic mass is 79.9. The predicted octanol–water partition coefficient (Wildman–Crippen LogP) is 5.63. The lowest BCUT2D eigenvalue weighted by Crippen LogP contribution is -1.95. The van der Waals surface area contributed by atoms with Crippen LogP contribution in [0.3, 0.4) is 0 Å². The molecule has 0 bridgehead atoms. The molecule has 0 saturated carbocycles. The second-order valence-corrected chi connectivity index (χ2v) is 7.65. The zero-order chi connectivity index (χ0) is 17.9. The number of hydrogen-bond donors (Lipinski definition) is 0. The summed E-state index contributed by atoms with van der Waals surface area (Å²) in [7, 11) is 0. The van der Waals surface area contributed by atoms with Gasteiger partial charge in [0.05, 0.1) is 5.75 Å². The monoisotopic (exact) mass is 446 g/mol. The van der Waals surface area contributed by atoms with Crippen molar-refractivity contribution in [2.24, 2.45) is 0 Å². The van der Waals surface area contributed by atoms with E-state index in [2.05, 4.69) is 31.1 Å². The maximum absolute atomic E-state index is 5.96. The molecule has 0 aliphatic heterocycles. The van der Waals surface area contributed by atoms with Crippen LogP contribution in [0.15, 0.2) is 75.0 Å². The molecule has 26 heavy (non-hydrogen) atoms. The molecule has 0 N–H and O–H groups in total. The third-order valence-electron chi connectivity index (χ3n) is 3.59. The van der Waals surface area contributed by atoms with Gasteiger partial charge in [-0.1, -0.05) is 39.3 Å². The summed E-state index contributed by atoms with van der Waals surface area (Å²) in [5.74, 6) is 1.60. The van der Waals surface area contributed by atoms with Crippen molar-refractivity contribution in [2.75, 3.05) is 0 Å². The molecular weight excluding hydrogens is 436 g/mol. The summed E-state index contributed by atoms with van der Waals surface area (Å²) in [6.45, 7) is 0. The highest BCUT2D eigenvalue weighted by molar-refractivity contribution is 9.10. The zero-order valence-corrected chi connectivity index (χ0v) is 16.5. The van der Waals surface area contributed by atoms with Gasteiger partial charge in [-0.3, -0.25) is 4.57 Å². The highest BCUT2D eigenvalue weighted by Crippen LogP contribution is 2.26. The molecule has 4 rings (SSSR count). The molecule has 2 heterocycles. The summed E-state index contributed by atoms with van der Waals surface area (Å²) in [5.41, 5.74) is 1.88. The van der Waals surface area contributed by atoms with Gasteiger partial charge >= 0.3 is 0 Å². The van der Waals surface area contributed by atoms with E-state index in [1.807, 2.05) is 59.3 Å². The van der Waals surface area contributed by atoms with Crippen LogP contribution in [0.25, 0.3) is 17.1 Å². The topological polar surface area (TPSA) is 56.7 Å². The summed E-state index contributed by atoms with van der Waals surface area (Å²) >= 11 is 10.9. The molecule has 0 fully saturated rings. The van der Waals surface area contributed by atoms with Crippen LogP contribution in [0.1, 0.15) is 5.89 Å². The minimum Gasteiger partial charge on any atom is -0.420 e. The van der Waals surface area contributed by atoms with Gasteiger partial charge in [-0.25, -0.2) is 4.98 Å². The molecule has 2 aromatic heterocycles. The Morgan fingerprint density at radius 3 is 2.58 bits per heavy atom. The van der Waals surface area contributed by atoms with E-state index in [0.29, 0.717) is 22.6 Å². The van der Waals surface area contributed by atoms with Gasteiger partial charge in [0.25, 0.3) is 0 Å². The van der Waals surface area contributed by atoms with Gasteiger partial charge in [0.1, 0.15) is 0 Å². The van der Waals surface area contributed by atoms with Crippen molar-refractivity contribution in [3.05, 3.63) is 76.3 Å². The van der Waals surface area contributed by atoms with Crippen LogP contribution in [-0.2, 0) is 5.75 Å². The minimum absolute atomic E-state index is 0.508. The Labute approximate surface area is 167 Å². The SMILES string of the molecule is Clc1ccc(-n2ccnc2SCc2nnc(-c3ccc(Br)cc3)o2)cc1. The fourth-order valence-electron chi connectivity index (χ4n) is 2.34. The summed E-state index contributed by atoms with van der Waals surface area (Å²) in [6, 6.07) is 15.4. The Kier molecular flexibility index (Phi) is 5.10. The van der Waals surface area contributed by atoms with Gasteiger partial charge in [0.15, 0.2) is 5.16 Å². The Balaban J connectivity index is 1.48. The number of rotatable bonds is 5. The van der Waals surface area contributed by atoms with Crippen molar-refractivity contribution in [3.8, 4) is 17.1 Å². The molecule has 2 aromatic carbocycles. The van der Waals surface area contributed by atoms with E-state index in [4.69, 9.17) is 16.0 Å². The summed E-state index contributed by atoms with van der Waals surface area (Å²) in [4.78, 5) is 4.40. The van der Waals surface area contributed by atoms with Gasteiger partial charge in [-0.2, -0.15) is 0 Å². The molecule has 130 valence electrons. The van der Waals surface area contributed by atoms with Crippen molar-refractivity contribution >= 4 is 39.3 Å². The maximum atomic E-state index is 5.96. The first-order valence-electron chi connectivity index (χ1n) is 7.69. The van der Waals surface area contributed by atoms with Crippen LogP contribution >= 0.6 is 39.3 Å². The van der Waals surface area contributed by atoms with Crippen LogP contribution in [0.4, 0.5) is 0 Å². The summed E-state index contributed by atoms with van der Waals surface area (Å²) in [5, 5.41) is 9.79. The maximum Gasteiger partial charge on any atom is 0.247 e. The fraction of sp³-hybridized carbons (Fsp3) is 0.0556. The van der Waals surface area contributed by atoms with Crippen LogP contribution in [0.5, 0.6) is 0 Å². The van der Waals surface area contributed by atoms with E-state index in [1.165, 1.54) is 11.8 Å². The molecule has 0 atom stereocenters. The van der Waals surface area contributed by atoms with E-state index >= 15 is 0 Å². The number of aromatic nitrogens is 4. The first-order chi connectivity index (χ1) is 12.7. The molecule has 0 unspecified atom stereocenters. The minimum atomic E-state index is 0.508. The molecule has 0 spiro atoms. The molecule has 5 nitrogen and oxygen atoms in total. The van der Waals surface area contributed by atoms with Gasteiger partial charge in [0.2, 0.25) is 11.8 Å². The van der Waals surface area contributed by atoms with Crippen molar-refractivity contribution in [1.29, 1.82) is 0 Å². The normalized spacial score (nSPS) is 11.0. The number of benzene rings is 2. The van der Waals surface area contributed by atoms with Gasteiger partial charge < -0.3 is 4.42 Å². The number of imidazole rings is 1. The summed E-state index contributed by atoms with van der Waals surface area (Å²) < 4.78 is 8.75. The van der Waals surface area contributed by atoms with Crippen molar-refractivity contribution in [2.45, 2.75) is 10.9 Å². The molecular formula is C18H12BrClN4OS. The van der Waals surface area contributed by atoms with Crippen molar-refractivity contribution in [1.82, 2.24) is 19.7 Å². The Hall–Kier alpha value is -2.09. The molecule has 8 heteroatoms. The fourth-order valence-corrected chi connectivity index (χ4v) is 3.54. The van der Waals surface area contributed by atoms with Crippen molar-refractivity contribution < 1.29 is 4.42 Å². The number of hydrogen-bond acceptors (Lipinski definition) is 5. The third kappa shape index (κ3) is 3.85. The van der Waals surface area contributed by atoms with E-state index < -0.39 is 0 Å². The lowest BCUT2D eigenvalue weighted by Gasteiger charge is -2.06.